The highest BCUT2D eigenvalue weighted by Crippen LogP contribution is 2.58. The number of nitrogens with zero attached hydrogens (tertiary/aromatic N) is 6. The first kappa shape index (κ1) is 39.7. The van der Waals surface area contributed by atoms with Gasteiger partial charge >= 0.3 is 0 Å². The molecule has 2 N–H and O–H groups in total. The lowest BCUT2D eigenvalue weighted by Gasteiger charge is -2.65. The molecule has 3 aliphatic heterocycles. The van der Waals surface area contributed by atoms with E-state index in [2.05, 4.69) is 14.8 Å². The number of fused-ring (bicyclic) bond motifs is 1. The molecule has 1 aliphatic carbocycles. The number of anilines is 1. The molecule has 0 radical (unpaired) electrons. The van der Waals surface area contributed by atoms with E-state index in [4.69, 9.17) is 26.8 Å². The summed E-state index contributed by atoms with van der Waals surface area (Å²) >= 11 is 6.25. The quantitative estimate of drug-likeness (QED) is 0.199. The number of unbranched alkanes of at least 4 members (excludes halogenated alkanes) is 1. The van der Waals surface area contributed by atoms with E-state index in [-0.39, 0.29) is 34.9 Å². The van der Waals surface area contributed by atoms with Gasteiger partial charge in [0.15, 0.2) is 0 Å². The van der Waals surface area contributed by atoms with Gasteiger partial charge in [0.05, 0.1) is 39.9 Å². The van der Waals surface area contributed by atoms with E-state index in [1.54, 1.807) is 42.5 Å². The van der Waals surface area contributed by atoms with Crippen LogP contribution >= 0.6 is 11.6 Å². The molecule has 298 valence electrons. The molecule has 57 heavy (non-hydrogen) atoms. The summed E-state index contributed by atoms with van der Waals surface area (Å²) in [5.41, 5.74) is 4.98. The van der Waals surface area contributed by atoms with E-state index in [9.17, 15) is 29.2 Å². The Labute approximate surface area is 336 Å². The molecule has 5 amide bonds. The van der Waals surface area contributed by atoms with Crippen molar-refractivity contribution in [3.63, 3.8) is 0 Å². The van der Waals surface area contributed by atoms with Crippen LogP contribution in [0.2, 0.25) is 5.02 Å². The molecule has 1 aromatic heterocycles. The SMILES string of the molecule is CC1(C)C(Oc2ccc(C#N)c(Cl)c2)C(C)(C)C1N1C(=O)CCC(N2C(=O)c3ccc(OCCCCN4CCN(c5ccc(C(N)=O)cn5)CC4)cc3C2=O)C1=O. The lowest BCUT2D eigenvalue weighted by molar-refractivity contribution is -0.216. The van der Waals surface area contributed by atoms with Crippen LogP contribution in [-0.2, 0) is 9.59 Å². The maximum atomic E-state index is 14.3. The third kappa shape index (κ3) is 7.30. The monoisotopic (exact) mass is 795 g/mol. The standard InChI is InChI=1S/C42H46ClN7O7/c1-41(2)39(42(3,4)40(41)57-28-9-7-25(23-44)31(43)22-28)50-34(51)14-12-32(38(50)55)49-36(53)29-11-10-27(21-30(29)37(49)54)56-20-6-5-15-47-16-18-48(19-17-47)33-13-8-26(24-46-33)35(45)52/h7-11,13,21-22,24,32,39-40H,5-6,12,14-20H2,1-4H3,(H2,45,52). The second kappa shape index (κ2) is 15.4. The summed E-state index contributed by atoms with van der Waals surface area (Å²) in [5, 5.41) is 9.52. The van der Waals surface area contributed by atoms with E-state index in [0.717, 1.165) is 56.3 Å². The van der Waals surface area contributed by atoms with Gasteiger partial charge in [0, 0.05) is 55.7 Å². The molecule has 7 rings (SSSR count). The van der Waals surface area contributed by atoms with E-state index in [1.807, 2.05) is 39.8 Å². The first-order valence-corrected chi connectivity index (χ1v) is 19.6. The number of amides is 5. The molecular formula is C42H46ClN7O7. The fraction of sp³-hybridized carbons (Fsp3) is 0.452. The van der Waals surface area contributed by atoms with Gasteiger partial charge in [-0.1, -0.05) is 39.3 Å². The molecule has 1 atom stereocenters. The van der Waals surface area contributed by atoms with Crippen LogP contribution in [0.15, 0.2) is 54.7 Å². The van der Waals surface area contributed by atoms with Gasteiger partial charge in [-0.3, -0.25) is 38.7 Å². The predicted molar refractivity (Wildman–Crippen MR) is 210 cm³/mol. The van der Waals surface area contributed by atoms with Crippen LogP contribution in [0.25, 0.3) is 0 Å². The Balaban J connectivity index is 0.929. The minimum Gasteiger partial charge on any atom is -0.494 e. The van der Waals surface area contributed by atoms with Gasteiger partial charge in [-0.25, -0.2) is 4.98 Å². The van der Waals surface area contributed by atoms with Crippen molar-refractivity contribution < 1.29 is 33.4 Å². The maximum Gasteiger partial charge on any atom is 0.262 e. The number of piperidine rings is 1. The molecule has 4 heterocycles. The third-order valence-electron chi connectivity index (χ3n) is 11.8. The number of primary amides is 1. The van der Waals surface area contributed by atoms with Crippen LogP contribution < -0.4 is 20.1 Å². The van der Waals surface area contributed by atoms with Gasteiger partial charge < -0.3 is 20.1 Å². The van der Waals surface area contributed by atoms with E-state index in [1.165, 1.54) is 11.1 Å². The second-order valence-corrected chi connectivity index (χ2v) is 16.7. The van der Waals surface area contributed by atoms with Gasteiger partial charge in [-0.2, -0.15) is 5.26 Å². The van der Waals surface area contributed by atoms with Crippen molar-refractivity contribution in [3.05, 3.63) is 82.0 Å². The zero-order chi connectivity index (χ0) is 40.8. The van der Waals surface area contributed by atoms with Crippen molar-refractivity contribution in [2.24, 2.45) is 16.6 Å². The lowest BCUT2D eigenvalue weighted by atomic mass is 9.48. The number of halogens is 1. The second-order valence-electron chi connectivity index (χ2n) is 16.3. The molecule has 2 saturated heterocycles. The molecule has 3 aromatic rings. The number of benzene rings is 2. The number of likely N-dealkylation sites (tertiary alicyclic amines) is 1. The Bertz CT molecular complexity index is 2140. The molecule has 1 unspecified atom stereocenters. The van der Waals surface area contributed by atoms with Crippen LogP contribution in [0, 0.1) is 22.2 Å². The Morgan fingerprint density at radius 3 is 2.26 bits per heavy atom. The van der Waals surface area contributed by atoms with E-state index >= 15 is 0 Å². The maximum absolute atomic E-state index is 14.3. The van der Waals surface area contributed by atoms with Crippen LogP contribution in [0.4, 0.5) is 5.82 Å². The summed E-state index contributed by atoms with van der Waals surface area (Å²) in [5.74, 6) is -0.853. The Hall–Kier alpha value is -5.52. The number of imide groups is 2. The lowest BCUT2D eigenvalue weighted by Crippen LogP contribution is -2.77. The number of hydrogen-bond donors (Lipinski definition) is 1. The van der Waals surface area contributed by atoms with E-state index < -0.39 is 52.6 Å². The zero-order valence-corrected chi connectivity index (χ0v) is 33.3. The minimum atomic E-state index is -1.14. The highest BCUT2D eigenvalue weighted by Gasteiger charge is 2.68. The number of nitriles is 1. The molecule has 2 aromatic carbocycles. The number of piperazine rings is 1. The highest BCUT2D eigenvalue weighted by molar-refractivity contribution is 6.31. The van der Waals surface area contributed by atoms with Gasteiger partial charge in [0.1, 0.15) is 35.5 Å². The molecule has 0 bridgehead atoms. The number of carbonyl (C=O) groups excluding carboxylic acids is 5. The van der Waals surface area contributed by atoms with E-state index in [0.29, 0.717) is 29.2 Å². The van der Waals surface area contributed by atoms with Crippen LogP contribution in [0.1, 0.15) is 90.0 Å². The molecule has 15 heteroatoms. The number of nitrogens with two attached hydrogens (primary N) is 1. The number of carbonyl (C=O) groups is 5. The van der Waals surface area contributed by atoms with Crippen molar-refractivity contribution in [3.8, 4) is 17.6 Å². The molecule has 1 saturated carbocycles. The molecule has 14 nitrogen and oxygen atoms in total. The predicted octanol–water partition coefficient (Wildman–Crippen LogP) is 4.68. The number of ether oxygens (including phenoxy) is 2. The number of rotatable bonds is 12. The largest absolute Gasteiger partial charge is 0.494 e. The average molecular weight is 796 g/mol. The Kier molecular flexibility index (Phi) is 10.8. The first-order chi connectivity index (χ1) is 27.1. The van der Waals surface area contributed by atoms with Gasteiger partial charge in [-0.05, 0) is 68.3 Å². The summed E-state index contributed by atoms with van der Waals surface area (Å²) in [6.07, 6.45) is 2.80. The zero-order valence-electron chi connectivity index (χ0n) is 32.5. The van der Waals surface area contributed by atoms with Crippen molar-refractivity contribution in [2.75, 3.05) is 44.2 Å². The Morgan fingerprint density at radius 1 is 0.912 bits per heavy atom. The molecule has 0 spiro atoms. The third-order valence-corrected chi connectivity index (χ3v) is 12.1. The number of aromatic nitrogens is 1. The Morgan fingerprint density at radius 2 is 1.61 bits per heavy atom. The number of hydrogen-bond acceptors (Lipinski definition) is 11. The molecule has 3 fully saturated rings. The van der Waals surface area contributed by atoms with Crippen molar-refractivity contribution in [1.82, 2.24) is 19.7 Å². The summed E-state index contributed by atoms with van der Waals surface area (Å²) in [7, 11) is 0. The van der Waals surface area contributed by atoms with Crippen LogP contribution in [0.5, 0.6) is 11.5 Å². The normalized spacial score (nSPS) is 22.9. The summed E-state index contributed by atoms with van der Waals surface area (Å²) in [4.78, 5) is 77.9. The summed E-state index contributed by atoms with van der Waals surface area (Å²) in [6.45, 7) is 12.4. The number of pyridine rings is 1. The van der Waals surface area contributed by atoms with Crippen LogP contribution in [-0.4, -0.2) is 107 Å². The first-order valence-electron chi connectivity index (χ1n) is 19.2. The summed E-state index contributed by atoms with van der Waals surface area (Å²) in [6, 6.07) is 13.4. The topological polar surface area (TPSA) is 179 Å². The molecular weight excluding hydrogens is 750 g/mol. The summed E-state index contributed by atoms with van der Waals surface area (Å²) < 4.78 is 12.4. The fourth-order valence-corrected chi connectivity index (χ4v) is 9.54. The highest BCUT2D eigenvalue weighted by atomic mass is 35.5. The smallest absolute Gasteiger partial charge is 0.262 e. The van der Waals surface area contributed by atoms with Gasteiger partial charge in [-0.15, -0.1) is 0 Å². The van der Waals surface area contributed by atoms with Gasteiger partial charge in [0.25, 0.3) is 17.7 Å². The fourth-order valence-electron chi connectivity index (χ4n) is 9.33. The van der Waals surface area contributed by atoms with Crippen LogP contribution in [0.3, 0.4) is 0 Å². The van der Waals surface area contributed by atoms with Crippen molar-refractivity contribution >= 4 is 47.0 Å². The van der Waals surface area contributed by atoms with Gasteiger partial charge in [0.2, 0.25) is 11.8 Å². The average Bonchev–Trinajstić information content (AvgIpc) is 3.43. The van der Waals surface area contributed by atoms with Crippen molar-refractivity contribution in [1.29, 1.82) is 5.26 Å². The minimum absolute atomic E-state index is 0.00330. The van der Waals surface area contributed by atoms with Crippen molar-refractivity contribution in [2.45, 2.75) is 71.6 Å². The molecule has 4 aliphatic rings.